The molecule has 2 aromatic heterocycles. The Morgan fingerprint density at radius 3 is 2.67 bits per heavy atom. The van der Waals surface area contributed by atoms with Crippen molar-refractivity contribution in [3.05, 3.63) is 51.9 Å². The minimum atomic E-state index is -0.144. The van der Waals surface area contributed by atoms with Crippen molar-refractivity contribution in [3.63, 3.8) is 0 Å². The third-order valence-corrected chi connectivity index (χ3v) is 4.20. The molecule has 0 atom stereocenters. The van der Waals surface area contributed by atoms with Crippen LogP contribution in [0.25, 0.3) is 17.2 Å². The molecule has 0 unspecified atom stereocenters. The molecule has 0 spiro atoms. The van der Waals surface area contributed by atoms with Crippen LogP contribution in [0.1, 0.15) is 11.3 Å². The molecule has 7 heteroatoms. The van der Waals surface area contributed by atoms with E-state index < -0.39 is 0 Å². The van der Waals surface area contributed by atoms with E-state index in [1.807, 2.05) is 31.2 Å². The highest BCUT2D eigenvalue weighted by molar-refractivity contribution is 5.57. The summed E-state index contributed by atoms with van der Waals surface area (Å²) in [6.45, 7) is 5.84. The second-order valence-corrected chi connectivity index (χ2v) is 6.05. The van der Waals surface area contributed by atoms with Crippen LogP contribution in [0, 0.1) is 6.92 Å². The van der Waals surface area contributed by atoms with Crippen LogP contribution < -0.4 is 5.56 Å². The van der Waals surface area contributed by atoms with E-state index in [0.717, 1.165) is 37.6 Å². The first-order valence-electron chi connectivity index (χ1n) is 8.05. The lowest BCUT2D eigenvalue weighted by Crippen LogP contribution is -2.36. The summed E-state index contributed by atoms with van der Waals surface area (Å²) >= 11 is 0. The van der Waals surface area contributed by atoms with Gasteiger partial charge in [-0.3, -0.25) is 14.8 Å². The summed E-state index contributed by atoms with van der Waals surface area (Å²) < 4.78 is 6.73. The van der Waals surface area contributed by atoms with Crippen LogP contribution in [0.2, 0.25) is 0 Å². The van der Waals surface area contributed by atoms with Crippen molar-refractivity contribution in [2.45, 2.75) is 13.5 Å². The minimum absolute atomic E-state index is 0.144. The van der Waals surface area contributed by atoms with Crippen molar-refractivity contribution in [2.75, 3.05) is 26.3 Å². The molecule has 0 amide bonds. The highest BCUT2D eigenvalue weighted by atomic mass is 16.5. The van der Waals surface area contributed by atoms with Gasteiger partial charge in [0.05, 0.1) is 18.9 Å². The molecular formula is C17H19N5O2. The van der Waals surface area contributed by atoms with Crippen LogP contribution >= 0.6 is 0 Å². The van der Waals surface area contributed by atoms with E-state index in [9.17, 15) is 4.79 Å². The van der Waals surface area contributed by atoms with Crippen LogP contribution in [0.5, 0.6) is 0 Å². The second-order valence-electron chi connectivity index (χ2n) is 6.05. The van der Waals surface area contributed by atoms with E-state index in [4.69, 9.17) is 4.74 Å². The molecule has 124 valence electrons. The number of morpholine rings is 1. The highest BCUT2D eigenvalue weighted by Gasteiger charge is 2.14. The van der Waals surface area contributed by atoms with Crippen molar-refractivity contribution in [1.29, 1.82) is 0 Å². The first kappa shape index (κ1) is 15.0. The number of aromatic nitrogens is 4. The number of benzene rings is 1. The Balaban J connectivity index is 1.67. The molecule has 1 aliphatic rings. The van der Waals surface area contributed by atoms with Gasteiger partial charge in [0.2, 0.25) is 0 Å². The number of hydrogen-bond donors (Lipinski definition) is 1. The Kier molecular flexibility index (Phi) is 3.87. The van der Waals surface area contributed by atoms with Gasteiger partial charge in [0.25, 0.3) is 11.3 Å². The highest BCUT2D eigenvalue weighted by Crippen LogP contribution is 2.16. The quantitative estimate of drug-likeness (QED) is 0.784. The van der Waals surface area contributed by atoms with Crippen LogP contribution in [-0.4, -0.2) is 50.8 Å². The predicted octanol–water partition coefficient (Wildman–Crippen LogP) is 1.23. The zero-order chi connectivity index (χ0) is 16.5. The maximum Gasteiger partial charge on any atom is 0.274 e. The summed E-state index contributed by atoms with van der Waals surface area (Å²) in [5.41, 5.74) is 2.70. The van der Waals surface area contributed by atoms with Crippen molar-refractivity contribution in [1.82, 2.24) is 24.5 Å². The van der Waals surface area contributed by atoms with Crippen LogP contribution in [0.3, 0.4) is 0 Å². The Morgan fingerprint density at radius 2 is 1.92 bits per heavy atom. The van der Waals surface area contributed by atoms with E-state index in [1.54, 1.807) is 6.07 Å². The molecule has 7 nitrogen and oxygen atoms in total. The van der Waals surface area contributed by atoms with Gasteiger partial charge in [0.15, 0.2) is 5.82 Å². The lowest BCUT2D eigenvalue weighted by atomic mass is 10.1. The van der Waals surface area contributed by atoms with Gasteiger partial charge in [-0.25, -0.2) is 4.98 Å². The molecule has 0 saturated carbocycles. The van der Waals surface area contributed by atoms with E-state index in [0.29, 0.717) is 18.1 Å². The van der Waals surface area contributed by atoms with Gasteiger partial charge in [-0.15, -0.1) is 0 Å². The summed E-state index contributed by atoms with van der Waals surface area (Å²) in [6, 6.07) is 9.56. The largest absolute Gasteiger partial charge is 0.379 e. The molecule has 3 aromatic rings. The smallest absolute Gasteiger partial charge is 0.274 e. The molecule has 1 aliphatic heterocycles. The molecule has 0 bridgehead atoms. The maximum absolute atomic E-state index is 12.3. The second kappa shape index (κ2) is 6.18. The van der Waals surface area contributed by atoms with Gasteiger partial charge in [0, 0.05) is 31.3 Å². The van der Waals surface area contributed by atoms with Crippen molar-refractivity contribution in [3.8, 4) is 11.4 Å². The zero-order valence-electron chi connectivity index (χ0n) is 13.5. The molecule has 4 rings (SSSR count). The first-order chi connectivity index (χ1) is 11.7. The maximum atomic E-state index is 12.3. The summed E-state index contributed by atoms with van der Waals surface area (Å²) in [6.07, 6.45) is 0. The summed E-state index contributed by atoms with van der Waals surface area (Å²) in [5.74, 6) is 1.05. The zero-order valence-corrected chi connectivity index (χ0v) is 13.5. The molecule has 1 saturated heterocycles. The summed E-state index contributed by atoms with van der Waals surface area (Å²) in [5, 5.41) is 3.03. The average Bonchev–Trinajstić information content (AvgIpc) is 3.01. The lowest BCUT2D eigenvalue weighted by molar-refractivity contribution is 0.0336. The Bertz CT molecular complexity index is 907. The SMILES string of the molecule is Cc1ccc(-c2nc3nc(CN4CCOCC4)cc(=O)n3[nH]2)cc1. The van der Waals surface area contributed by atoms with E-state index in [2.05, 4.69) is 20.0 Å². The molecule has 0 radical (unpaired) electrons. The van der Waals surface area contributed by atoms with Crippen LogP contribution in [-0.2, 0) is 11.3 Å². The average molecular weight is 325 g/mol. The fraction of sp³-hybridized carbons (Fsp3) is 0.353. The fourth-order valence-corrected chi connectivity index (χ4v) is 2.84. The lowest BCUT2D eigenvalue weighted by Gasteiger charge is -2.25. The van der Waals surface area contributed by atoms with Gasteiger partial charge >= 0.3 is 0 Å². The van der Waals surface area contributed by atoms with Crippen LogP contribution in [0.4, 0.5) is 0 Å². The topological polar surface area (TPSA) is 75.5 Å². The van der Waals surface area contributed by atoms with Gasteiger partial charge in [-0.2, -0.15) is 9.50 Å². The Hall–Kier alpha value is -2.51. The molecule has 1 fully saturated rings. The minimum Gasteiger partial charge on any atom is -0.379 e. The number of aryl methyl sites for hydroxylation is 1. The molecule has 0 aliphatic carbocycles. The number of fused-ring (bicyclic) bond motifs is 1. The number of ether oxygens (including phenoxy) is 1. The third-order valence-electron chi connectivity index (χ3n) is 4.20. The van der Waals surface area contributed by atoms with E-state index >= 15 is 0 Å². The van der Waals surface area contributed by atoms with Gasteiger partial charge < -0.3 is 4.74 Å². The monoisotopic (exact) mass is 325 g/mol. The Morgan fingerprint density at radius 1 is 1.17 bits per heavy atom. The molecule has 3 heterocycles. The summed E-state index contributed by atoms with van der Waals surface area (Å²) in [7, 11) is 0. The summed E-state index contributed by atoms with van der Waals surface area (Å²) in [4.78, 5) is 23.6. The van der Waals surface area contributed by atoms with E-state index in [-0.39, 0.29) is 5.56 Å². The normalized spacial score (nSPS) is 15.9. The number of nitrogens with zero attached hydrogens (tertiary/aromatic N) is 4. The van der Waals surface area contributed by atoms with E-state index in [1.165, 1.54) is 10.1 Å². The third kappa shape index (κ3) is 2.95. The number of rotatable bonds is 3. The van der Waals surface area contributed by atoms with Crippen molar-refractivity contribution in [2.24, 2.45) is 0 Å². The first-order valence-corrected chi connectivity index (χ1v) is 8.05. The van der Waals surface area contributed by atoms with Crippen LogP contribution in [0.15, 0.2) is 35.1 Å². The van der Waals surface area contributed by atoms with Crippen molar-refractivity contribution >= 4 is 5.78 Å². The molecule has 1 aromatic carbocycles. The Labute approximate surface area is 138 Å². The molecule has 1 N–H and O–H groups in total. The predicted molar refractivity (Wildman–Crippen MR) is 89.9 cm³/mol. The number of nitrogens with one attached hydrogen (secondary N) is 1. The standard InChI is InChI=1S/C17H19N5O2/c1-12-2-4-13(5-3-12)16-19-17-18-14(10-15(23)22(17)20-16)11-21-6-8-24-9-7-21/h2-5,10H,6-9,11H2,1H3,(H,18,19,20). The van der Waals surface area contributed by atoms with Gasteiger partial charge in [-0.05, 0) is 6.92 Å². The molecular weight excluding hydrogens is 306 g/mol. The van der Waals surface area contributed by atoms with Gasteiger partial charge in [-0.1, -0.05) is 29.8 Å². The van der Waals surface area contributed by atoms with Crippen molar-refractivity contribution < 1.29 is 4.74 Å². The molecule has 24 heavy (non-hydrogen) atoms. The number of aromatic amines is 1. The number of H-pyrrole nitrogens is 1. The van der Waals surface area contributed by atoms with Gasteiger partial charge in [0.1, 0.15) is 0 Å². The number of hydrogen-bond acceptors (Lipinski definition) is 5. The fourth-order valence-electron chi connectivity index (χ4n) is 2.84.